The topological polar surface area (TPSA) is 46.3 Å². The summed E-state index contributed by atoms with van der Waals surface area (Å²) in [7, 11) is 0. The molecule has 1 fully saturated rings. The van der Waals surface area contributed by atoms with Crippen LogP contribution >= 0.6 is 12.4 Å². The molecule has 1 rings (SSSR count). The molecule has 0 radical (unpaired) electrons. The van der Waals surface area contributed by atoms with Crippen molar-refractivity contribution in [3.63, 3.8) is 0 Å². The van der Waals surface area contributed by atoms with E-state index in [1.807, 2.05) is 4.90 Å². The van der Waals surface area contributed by atoms with Crippen LogP contribution in [0.15, 0.2) is 0 Å². The van der Waals surface area contributed by atoms with Crippen LogP contribution in [-0.4, -0.2) is 29.9 Å². The van der Waals surface area contributed by atoms with E-state index in [0.29, 0.717) is 5.91 Å². The summed E-state index contributed by atoms with van der Waals surface area (Å²) in [4.78, 5) is 14.1. The quantitative estimate of drug-likeness (QED) is 0.811. The predicted octanol–water partition coefficient (Wildman–Crippen LogP) is 2.18. The van der Waals surface area contributed by atoms with Gasteiger partial charge < -0.3 is 10.6 Å². The van der Waals surface area contributed by atoms with E-state index in [1.165, 1.54) is 6.42 Å². The van der Waals surface area contributed by atoms with Crippen LogP contribution in [0.4, 0.5) is 0 Å². The Morgan fingerprint density at radius 3 is 2.62 bits per heavy atom. The number of hydrogen-bond donors (Lipinski definition) is 1. The average molecular weight is 249 g/mol. The van der Waals surface area contributed by atoms with Gasteiger partial charge in [-0.25, -0.2) is 0 Å². The van der Waals surface area contributed by atoms with Gasteiger partial charge in [0.1, 0.15) is 0 Å². The maximum absolute atomic E-state index is 12.1. The first-order chi connectivity index (χ1) is 7.19. The Labute approximate surface area is 105 Å². The molecule has 0 aromatic heterocycles. The summed E-state index contributed by atoms with van der Waals surface area (Å²) in [6, 6.07) is 0.206. The molecule has 0 saturated carbocycles. The number of rotatable bonds is 5. The lowest BCUT2D eigenvalue weighted by Crippen LogP contribution is -2.36. The second-order valence-corrected chi connectivity index (χ2v) is 4.58. The fourth-order valence-corrected chi connectivity index (χ4v) is 2.20. The molecule has 0 aromatic carbocycles. The number of carbonyl (C=O) groups is 1. The molecule has 3 nitrogen and oxygen atoms in total. The molecule has 1 heterocycles. The third kappa shape index (κ3) is 4.30. The largest absolute Gasteiger partial charge is 0.341 e. The molecule has 2 atom stereocenters. The van der Waals surface area contributed by atoms with Gasteiger partial charge in [0.15, 0.2) is 0 Å². The van der Waals surface area contributed by atoms with Gasteiger partial charge in [0, 0.05) is 25.0 Å². The van der Waals surface area contributed by atoms with E-state index in [2.05, 4.69) is 13.8 Å². The van der Waals surface area contributed by atoms with Gasteiger partial charge in [-0.15, -0.1) is 12.4 Å². The highest BCUT2D eigenvalue weighted by molar-refractivity contribution is 5.85. The Morgan fingerprint density at radius 2 is 2.19 bits per heavy atom. The molecule has 1 aliphatic rings. The van der Waals surface area contributed by atoms with E-state index in [0.717, 1.165) is 38.8 Å². The molecular weight excluding hydrogens is 224 g/mol. The molecule has 96 valence electrons. The van der Waals surface area contributed by atoms with Gasteiger partial charge in [-0.3, -0.25) is 4.79 Å². The average Bonchev–Trinajstić information content (AvgIpc) is 2.65. The summed E-state index contributed by atoms with van der Waals surface area (Å²) in [6.45, 7) is 5.90. The van der Waals surface area contributed by atoms with Crippen LogP contribution in [0.25, 0.3) is 0 Å². The SMILES string of the molecule is CCCCC(CC)C(=O)N1CCC(N)C1.Cl. The molecule has 2 unspecified atom stereocenters. The predicted molar refractivity (Wildman–Crippen MR) is 69.7 cm³/mol. The van der Waals surface area contributed by atoms with Crippen molar-refractivity contribution >= 4 is 18.3 Å². The third-order valence-electron chi connectivity index (χ3n) is 3.28. The van der Waals surface area contributed by atoms with Crippen LogP contribution in [0.5, 0.6) is 0 Å². The Balaban J connectivity index is 0.00000225. The normalized spacial score (nSPS) is 21.7. The second kappa shape index (κ2) is 7.91. The number of unbranched alkanes of at least 4 members (excludes halogenated alkanes) is 1. The van der Waals surface area contributed by atoms with Crippen LogP contribution < -0.4 is 5.73 Å². The first-order valence-corrected chi connectivity index (χ1v) is 6.23. The van der Waals surface area contributed by atoms with Crippen molar-refractivity contribution in [1.29, 1.82) is 0 Å². The number of carbonyl (C=O) groups excluding carboxylic acids is 1. The van der Waals surface area contributed by atoms with E-state index in [9.17, 15) is 4.79 Å². The number of amides is 1. The summed E-state index contributed by atoms with van der Waals surface area (Å²) in [5, 5.41) is 0. The Morgan fingerprint density at radius 1 is 1.50 bits per heavy atom. The highest BCUT2D eigenvalue weighted by Crippen LogP contribution is 2.18. The number of halogens is 1. The molecule has 1 amide bonds. The van der Waals surface area contributed by atoms with E-state index in [-0.39, 0.29) is 24.4 Å². The summed E-state index contributed by atoms with van der Waals surface area (Å²) in [5.41, 5.74) is 5.81. The van der Waals surface area contributed by atoms with Gasteiger partial charge >= 0.3 is 0 Å². The lowest BCUT2D eigenvalue weighted by Gasteiger charge is -2.22. The fourth-order valence-electron chi connectivity index (χ4n) is 2.20. The summed E-state index contributed by atoms with van der Waals surface area (Å²) < 4.78 is 0. The molecule has 1 aliphatic heterocycles. The zero-order valence-electron chi connectivity index (χ0n) is 10.4. The summed E-state index contributed by atoms with van der Waals surface area (Å²) in [6.07, 6.45) is 5.30. The first kappa shape index (κ1) is 15.7. The Kier molecular flexibility index (Phi) is 7.77. The minimum absolute atomic E-state index is 0. The van der Waals surface area contributed by atoms with Gasteiger partial charge in [0.2, 0.25) is 5.91 Å². The van der Waals surface area contributed by atoms with Crippen LogP contribution in [0, 0.1) is 5.92 Å². The van der Waals surface area contributed by atoms with Crippen molar-refractivity contribution in [3.05, 3.63) is 0 Å². The van der Waals surface area contributed by atoms with Crippen LogP contribution in [0.1, 0.15) is 46.0 Å². The highest BCUT2D eigenvalue weighted by Gasteiger charge is 2.27. The minimum atomic E-state index is 0. The van der Waals surface area contributed by atoms with Crippen molar-refractivity contribution in [2.45, 2.75) is 52.0 Å². The smallest absolute Gasteiger partial charge is 0.225 e. The van der Waals surface area contributed by atoms with Gasteiger partial charge in [-0.2, -0.15) is 0 Å². The summed E-state index contributed by atoms with van der Waals surface area (Å²) >= 11 is 0. The van der Waals surface area contributed by atoms with Crippen molar-refractivity contribution in [2.24, 2.45) is 11.7 Å². The van der Waals surface area contributed by atoms with Gasteiger partial charge in [-0.05, 0) is 19.3 Å². The molecule has 4 heteroatoms. The van der Waals surface area contributed by atoms with Gasteiger partial charge in [-0.1, -0.05) is 26.7 Å². The minimum Gasteiger partial charge on any atom is -0.341 e. The van der Waals surface area contributed by atoms with Crippen LogP contribution in [-0.2, 0) is 4.79 Å². The Bertz CT molecular complexity index is 211. The molecule has 0 aliphatic carbocycles. The van der Waals surface area contributed by atoms with E-state index in [1.54, 1.807) is 0 Å². The maximum atomic E-state index is 12.1. The first-order valence-electron chi connectivity index (χ1n) is 6.23. The van der Waals surface area contributed by atoms with Crippen LogP contribution in [0.2, 0.25) is 0 Å². The van der Waals surface area contributed by atoms with Crippen molar-refractivity contribution < 1.29 is 4.79 Å². The zero-order valence-corrected chi connectivity index (χ0v) is 11.3. The van der Waals surface area contributed by atoms with Crippen molar-refractivity contribution in [3.8, 4) is 0 Å². The zero-order chi connectivity index (χ0) is 11.3. The summed E-state index contributed by atoms with van der Waals surface area (Å²) in [5.74, 6) is 0.564. The number of hydrogen-bond acceptors (Lipinski definition) is 2. The molecule has 0 spiro atoms. The molecular formula is C12H25ClN2O. The standard InChI is InChI=1S/C12H24N2O.ClH/c1-3-5-6-10(4-2)12(15)14-8-7-11(13)9-14;/h10-11H,3-9,13H2,1-2H3;1H. The van der Waals surface area contributed by atoms with Crippen LogP contribution in [0.3, 0.4) is 0 Å². The molecule has 0 aromatic rings. The lowest BCUT2D eigenvalue weighted by molar-refractivity contribution is -0.134. The molecule has 1 saturated heterocycles. The second-order valence-electron chi connectivity index (χ2n) is 4.58. The Hall–Kier alpha value is -0.280. The van der Waals surface area contributed by atoms with Crippen molar-refractivity contribution in [1.82, 2.24) is 4.90 Å². The molecule has 16 heavy (non-hydrogen) atoms. The number of likely N-dealkylation sites (tertiary alicyclic amines) is 1. The van der Waals surface area contributed by atoms with E-state index in [4.69, 9.17) is 5.73 Å². The monoisotopic (exact) mass is 248 g/mol. The molecule has 2 N–H and O–H groups in total. The van der Waals surface area contributed by atoms with Gasteiger partial charge in [0.05, 0.1) is 0 Å². The highest BCUT2D eigenvalue weighted by atomic mass is 35.5. The van der Waals surface area contributed by atoms with E-state index < -0.39 is 0 Å². The molecule has 0 bridgehead atoms. The number of nitrogens with two attached hydrogens (primary N) is 1. The van der Waals surface area contributed by atoms with Gasteiger partial charge in [0.25, 0.3) is 0 Å². The lowest BCUT2D eigenvalue weighted by atomic mass is 9.98. The maximum Gasteiger partial charge on any atom is 0.225 e. The van der Waals surface area contributed by atoms with Crippen molar-refractivity contribution in [2.75, 3.05) is 13.1 Å². The fraction of sp³-hybridized carbons (Fsp3) is 0.917. The third-order valence-corrected chi connectivity index (χ3v) is 3.28. The number of nitrogens with zero attached hydrogens (tertiary/aromatic N) is 1. The van der Waals surface area contributed by atoms with E-state index >= 15 is 0 Å².